The molecule has 0 aliphatic heterocycles. The van der Waals surface area contributed by atoms with Gasteiger partial charge in [-0.2, -0.15) is 0 Å². The summed E-state index contributed by atoms with van der Waals surface area (Å²) in [6.45, 7) is 32.5. The van der Waals surface area contributed by atoms with E-state index in [0.717, 1.165) is 182 Å². The second-order valence-electron chi connectivity index (χ2n) is 37.9. The molecule has 134 heavy (non-hydrogen) atoms. The van der Waals surface area contributed by atoms with E-state index in [-0.39, 0.29) is 0 Å². The van der Waals surface area contributed by atoms with Gasteiger partial charge in [0, 0.05) is 86.2 Å². The maximum absolute atomic E-state index is 7.23. The summed E-state index contributed by atoms with van der Waals surface area (Å²) in [7, 11) is 0. The third-order valence-electron chi connectivity index (χ3n) is 29.6. The maximum atomic E-state index is 7.23. The number of fused-ring (bicyclic) bond motifs is 16. The number of hydrogen-bond donors (Lipinski definition) is 0. The summed E-state index contributed by atoms with van der Waals surface area (Å²) in [6, 6.07) is 108. The number of benzene rings is 20. The van der Waals surface area contributed by atoms with Crippen LogP contribution in [0.25, 0.3) is 241 Å². The minimum absolute atomic E-state index is 0.500. The first-order valence-corrected chi connectivity index (χ1v) is 48.4. The van der Waals surface area contributed by atoms with Gasteiger partial charge in [-0.25, -0.2) is 0 Å². The Morgan fingerprint density at radius 3 is 0.784 bits per heavy atom. The molecule has 0 fully saturated rings. The Morgan fingerprint density at radius 1 is 0.231 bits per heavy atom. The van der Waals surface area contributed by atoms with Gasteiger partial charge in [-0.05, 0) is 380 Å². The fourth-order valence-corrected chi connectivity index (χ4v) is 22.7. The minimum atomic E-state index is 0.500. The molecule has 0 radical (unpaired) electrons. The van der Waals surface area contributed by atoms with Crippen molar-refractivity contribution in [1.29, 1.82) is 0 Å². The van der Waals surface area contributed by atoms with Crippen molar-refractivity contribution in [3.63, 3.8) is 0 Å². The lowest BCUT2D eigenvalue weighted by Crippen LogP contribution is -1.98. The number of aryl methyl sites for hydroxylation is 8. The van der Waals surface area contributed by atoms with Crippen molar-refractivity contribution in [2.24, 2.45) is 0 Å². The molecule has 0 amide bonds. The molecule has 4 aromatic heterocycles. The highest BCUT2D eigenvalue weighted by molar-refractivity contribution is 6.41. The van der Waals surface area contributed by atoms with E-state index in [0.29, 0.717) is 25.0 Å². The van der Waals surface area contributed by atoms with E-state index in [1.165, 1.54) is 165 Å². The largest absolute Gasteiger partial charge is 0.494 e. The Labute approximate surface area is 782 Å². The zero-order chi connectivity index (χ0) is 91.3. The monoisotopic (exact) mass is 1740 g/mol. The summed E-state index contributed by atoms with van der Waals surface area (Å²) in [6.07, 6.45) is 6.29. The summed E-state index contributed by atoms with van der Waals surface area (Å²) >= 11 is 0. The average molecular weight is 1740 g/mol. The lowest BCUT2D eigenvalue weighted by molar-refractivity contribution is 0.340. The van der Waals surface area contributed by atoms with Crippen LogP contribution in [0.4, 0.5) is 0 Å². The van der Waals surface area contributed by atoms with Crippen LogP contribution in [-0.4, -0.2) is 13.2 Å². The third-order valence-corrected chi connectivity index (χ3v) is 29.6. The van der Waals surface area contributed by atoms with Crippen LogP contribution in [0, 0.1) is 41.5 Å². The highest BCUT2D eigenvalue weighted by atomic mass is 16.5. The normalized spacial score (nSPS) is 12.6. The molecule has 0 saturated carbocycles. The Morgan fingerprint density at radius 2 is 0.493 bits per heavy atom. The van der Waals surface area contributed by atoms with Crippen LogP contribution in [0.2, 0.25) is 0 Å². The van der Waals surface area contributed by atoms with Crippen LogP contribution in [0.15, 0.2) is 309 Å². The number of rotatable bonds is 20. The zero-order valence-electron chi connectivity index (χ0n) is 79.0. The summed E-state index contributed by atoms with van der Waals surface area (Å²) < 4.78 is 40.7. The maximum Gasteiger partial charge on any atom is 0.143 e. The van der Waals surface area contributed by atoms with Crippen LogP contribution < -0.4 is 9.47 Å². The predicted molar refractivity (Wildman–Crippen MR) is 569 cm³/mol. The molecule has 24 rings (SSSR count). The quantitative estimate of drug-likeness (QED) is 0.0708. The Bertz CT molecular complexity index is 8340. The van der Waals surface area contributed by atoms with Crippen LogP contribution in [0.5, 0.6) is 11.5 Å². The van der Waals surface area contributed by atoms with E-state index in [1.54, 1.807) is 0 Å². The van der Waals surface area contributed by atoms with E-state index in [2.05, 4.69) is 362 Å². The molecule has 24 aromatic rings. The van der Waals surface area contributed by atoms with Gasteiger partial charge in [0.1, 0.15) is 56.2 Å². The second-order valence-corrected chi connectivity index (χ2v) is 37.9. The minimum Gasteiger partial charge on any atom is -0.494 e. The SMILES string of the molecule is CCC(C)c1cccc(-c2ccc3c(c2)oc2c3cc3c(-c4c(C)cccc4C)cc4c5oc6cc(-c7cccc(C(C)CC)c7)ccc6c5cc5c(-c6c(C)cccc6C)cc2c3c54)c1.CCCc1cccc(C)c1-c1cc2c3oc4cc(-c5cccc(OCC)c5)ccc4c3cc3c(-c4c(C)cccc4CCC)cc4c5oc6cc(-c7cccc(OCC)c7)ccc6c5cc1c4c32. The molecule has 20 aromatic carbocycles. The van der Waals surface area contributed by atoms with Crippen LogP contribution in [-0.2, 0) is 12.8 Å². The molecular formula is C128H108O6. The molecular weight excluding hydrogens is 1630 g/mol. The lowest BCUT2D eigenvalue weighted by Gasteiger charge is -2.22. The standard InChI is InChI=1S/C64H54O4.C64H54O2/c1-7-15-39-19-11-17-37(5)59(39)49-35-55-62-52(34-54-48-28-26-44(32-58(48)67-63(54)55)42-22-14-24-46(30-42)66-10-4)50(60-38(6)18-12-20-40(60)16-8-2)36-56-61(62)51(49)33-53-47-27-25-43(31-57(47)68-64(53)56)41-21-13-23-45(29-41)65-9-3;1-9-35(3)41-19-13-21-43(27-41)45-23-25-47-53-31-51-50(60-39(7)17-12-18-40(60)8)34-56-62-52(49(59-37(5)15-11-16-38(59)6)33-55(61(51)62)63(53)65-57(47)29-45)32-54-48-26-24-46(30-58(48)66-64(54)56)44-22-14-20-42(28-44)36(4)10-2/h11-14,17-36H,7-10,15-16H2,1-6H3;11-36H,9-10H2,1-8H3. The van der Waals surface area contributed by atoms with Gasteiger partial charge in [-0.3, -0.25) is 0 Å². The molecule has 656 valence electrons. The third kappa shape index (κ3) is 13.6. The van der Waals surface area contributed by atoms with Crippen LogP contribution in [0.3, 0.4) is 0 Å². The molecule has 2 atom stereocenters. The molecule has 0 saturated heterocycles. The van der Waals surface area contributed by atoms with E-state index < -0.39 is 0 Å². The van der Waals surface area contributed by atoms with Crippen molar-refractivity contribution in [1.82, 2.24) is 0 Å². The van der Waals surface area contributed by atoms with E-state index in [9.17, 15) is 0 Å². The van der Waals surface area contributed by atoms with Crippen molar-refractivity contribution in [2.45, 2.75) is 147 Å². The molecule has 6 heteroatoms. The summed E-state index contributed by atoms with van der Waals surface area (Å²) in [5, 5.41) is 23.2. The fourth-order valence-electron chi connectivity index (χ4n) is 22.7. The van der Waals surface area contributed by atoms with Gasteiger partial charge in [0.25, 0.3) is 0 Å². The van der Waals surface area contributed by atoms with Crippen LogP contribution in [0.1, 0.15) is 149 Å². The van der Waals surface area contributed by atoms with Gasteiger partial charge >= 0.3 is 0 Å². The second kappa shape index (κ2) is 33.2. The van der Waals surface area contributed by atoms with Crippen molar-refractivity contribution >= 4 is 152 Å². The predicted octanol–water partition coefficient (Wildman–Crippen LogP) is 37.7. The van der Waals surface area contributed by atoms with Crippen LogP contribution >= 0.6 is 0 Å². The summed E-state index contributed by atoms with van der Waals surface area (Å²) in [5.74, 6) is 2.72. The molecule has 6 nitrogen and oxygen atoms in total. The highest BCUT2D eigenvalue weighted by Gasteiger charge is 2.31. The number of furan rings is 4. The summed E-state index contributed by atoms with van der Waals surface area (Å²) in [4.78, 5) is 0. The van der Waals surface area contributed by atoms with Gasteiger partial charge in [0.05, 0.1) is 13.2 Å². The number of ether oxygens (including phenoxy) is 2. The number of hydrogen-bond acceptors (Lipinski definition) is 6. The van der Waals surface area contributed by atoms with E-state index in [1.807, 2.05) is 26.0 Å². The summed E-state index contributed by atoms with van der Waals surface area (Å²) in [5.41, 5.74) is 39.3. The Balaban J connectivity index is 0.000000151. The first-order chi connectivity index (χ1) is 65.4. The first-order valence-electron chi connectivity index (χ1n) is 48.4. The smallest absolute Gasteiger partial charge is 0.143 e. The lowest BCUT2D eigenvalue weighted by atomic mass is 9.81. The molecule has 4 heterocycles. The molecule has 2 unspecified atom stereocenters. The highest BCUT2D eigenvalue weighted by Crippen LogP contribution is 2.57. The first kappa shape index (κ1) is 83.6. The van der Waals surface area contributed by atoms with Gasteiger partial charge in [0.2, 0.25) is 0 Å². The van der Waals surface area contributed by atoms with Crippen molar-refractivity contribution in [3.05, 3.63) is 347 Å². The van der Waals surface area contributed by atoms with Crippen molar-refractivity contribution in [2.75, 3.05) is 13.2 Å². The van der Waals surface area contributed by atoms with Gasteiger partial charge < -0.3 is 27.1 Å². The fraction of sp³-hybridized carbons (Fsp3) is 0.188. The van der Waals surface area contributed by atoms with Gasteiger partial charge in [-0.1, -0.05) is 224 Å². The molecule has 0 N–H and O–H groups in total. The molecule has 0 aliphatic rings. The van der Waals surface area contributed by atoms with Gasteiger partial charge in [-0.15, -0.1) is 0 Å². The topological polar surface area (TPSA) is 71.0 Å². The Kier molecular flexibility index (Phi) is 20.7. The average Bonchev–Trinajstić information content (AvgIpc) is 1.40. The van der Waals surface area contributed by atoms with Crippen molar-refractivity contribution in [3.8, 4) is 101 Å². The molecule has 0 spiro atoms. The zero-order valence-corrected chi connectivity index (χ0v) is 79.0. The Hall–Kier alpha value is -14.7. The molecule has 0 bridgehead atoms. The van der Waals surface area contributed by atoms with Crippen molar-refractivity contribution < 1.29 is 27.1 Å². The van der Waals surface area contributed by atoms with E-state index in [4.69, 9.17) is 27.1 Å². The molecule has 0 aliphatic carbocycles. The van der Waals surface area contributed by atoms with E-state index >= 15 is 0 Å². The van der Waals surface area contributed by atoms with Gasteiger partial charge in [0.15, 0.2) is 0 Å².